The van der Waals surface area contributed by atoms with E-state index in [1.54, 1.807) is 0 Å². The van der Waals surface area contributed by atoms with Gasteiger partial charge in [-0.1, -0.05) is 0 Å². The number of rotatable bonds is 3. The predicted octanol–water partition coefficient (Wildman–Crippen LogP) is 1.56. The van der Waals surface area contributed by atoms with Crippen LogP contribution in [0.1, 0.15) is 45.4 Å². The number of aromatic nitrogens is 2. The number of nitrogens with zero attached hydrogens (tertiary/aromatic N) is 4. The lowest BCUT2D eigenvalue weighted by molar-refractivity contribution is 0.128. The summed E-state index contributed by atoms with van der Waals surface area (Å²) in [7, 11) is 0. The fraction of sp³-hybridized carbons (Fsp3) is 0.733. The Hall–Kier alpha value is -1.40. The monoisotopic (exact) mass is 290 g/mol. The molecule has 6 heteroatoms. The van der Waals surface area contributed by atoms with Gasteiger partial charge in [0, 0.05) is 43.7 Å². The minimum Gasteiger partial charge on any atom is -0.354 e. The van der Waals surface area contributed by atoms with E-state index >= 15 is 0 Å². The SMILES string of the molecule is CC(C)(C)N1CCN(c2cc(NN)nc(C3CC3)n2)CC1. The number of anilines is 2. The van der Waals surface area contributed by atoms with Gasteiger partial charge in [0.15, 0.2) is 0 Å². The molecule has 2 aliphatic rings. The maximum Gasteiger partial charge on any atom is 0.145 e. The molecular formula is C15H26N6. The van der Waals surface area contributed by atoms with Gasteiger partial charge >= 0.3 is 0 Å². The van der Waals surface area contributed by atoms with Gasteiger partial charge in [-0.25, -0.2) is 15.8 Å². The van der Waals surface area contributed by atoms with Crippen molar-refractivity contribution >= 4 is 11.6 Å². The average Bonchev–Trinajstić information content (AvgIpc) is 3.30. The van der Waals surface area contributed by atoms with Crippen LogP contribution in [0.2, 0.25) is 0 Å². The Labute approximate surface area is 126 Å². The molecule has 1 aliphatic carbocycles. The second-order valence-corrected chi connectivity index (χ2v) is 7.03. The average molecular weight is 290 g/mol. The van der Waals surface area contributed by atoms with Crippen LogP contribution in [-0.2, 0) is 0 Å². The van der Waals surface area contributed by atoms with Crippen LogP contribution < -0.4 is 16.2 Å². The molecule has 3 rings (SSSR count). The van der Waals surface area contributed by atoms with Crippen molar-refractivity contribution in [2.75, 3.05) is 36.5 Å². The minimum absolute atomic E-state index is 0.237. The molecule has 0 unspecified atom stereocenters. The van der Waals surface area contributed by atoms with Crippen LogP contribution >= 0.6 is 0 Å². The first-order chi connectivity index (χ1) is 9.97. The molecule has 21 heavy (non-hydrogen) atoms. The zero-order chi connectivity index (χ0) is 15.0. The lowest BCUT2D eigenvalue weighted by Gasteiger charge is -2.42. The normalized spacial score (nSPS) is 20.7. The largest absolute Gasteiger partial charge is 0.354 e. The Morgan fingerprint density at radius 2 is 1.81 bits per heavy atom. The first-order valence-corrected chi connectivity index (χ1v) is 7.83. The van der Waals surface area contributed by atoms with Crippen molar-refractivity contribution in [1.82, 2.24) is 14.9 Å². The van der Waals surface area contributed by atoms with Gasteiger partial charge in [-0.2, -0.15) is 0 Å². The van der Waals surface area contributed by atoms with Crippen molar-refractivity contribution in [2.24, 2.45) is 5.84 Å². The van der Waals surface area contributed by atoms with Crippen LogP contribution in [0.3, 0.4) is 0 Å². The van der Waals surface area contributed by atoms with Gasteiger partial charge in [-0.15, -0.1) is 0 Å². The van der Waals surface area contributed by atoms with Gasteiger partial charge in [0.2, 0.25) is 0 Å². The summed E-state index contributed by atoms with van der Waals surface area (Å²) in [6.45, 7) is 11.0. The molecule has 0 atom stereocenters. The summed E-state index contributed by atoms with van der Waals surface area (Å²) >= 11 is 0. The summed E-state index contributed by atoms with van der Waals surface area (Å²) in [6, 6.07) is 1.96. The highest BCUT2D eigenvalue weighted by molar-refractivity contribution is 5.49. The van der Waals surface area contributed by atoms with Crippen molar-refractivity contribution in [3.63, 3.8) is 0 Å². The van der Waals surface area contributed by atoms with Gasteiger partial charge in [0.25, 0.3) is 0 Å². The molecule has 0 aromatic carbocycles. The van der Waals surface area contributed by atoms with E-state index in [9.17, 15) is 0 Å². The number of piperazine rings is 1. The van der Waals surface area contributed by atoms with E-state index in [1.165, 1.54) is 12.8 Å². The van der Waals surface area contributed by atoms with Gasteiger partial charge in [0.1, 0.15) is 17.5 Å². The number of nitrogens with two attached hydrogens (primary N) is 1. The molecule has 116 valence electrons. The molecule has 1 aliphatic heterocycles. The highest BCUT2D eigenvalue weighted by Crippen LogP contribution is 2.39. The zero-order valence-corrected chi connectivity index (χ0v) is 13.3. The maximum absolute atomic E-state index is 5.55. The second kappa shape index (κ2) is 5.42. The van der Waals surface area contributed by atoms with Crippen LogP contribution in [-0.4, -0.2) is 46.6 Å². The Bertz CT molecular complexity index is 497. The van der Waals surface area contributed by atoms with Gasteiger partial charge < -0.3 is 10.3 Å². The van der Waals surface area contributed by atoms with E-state index in [0.29, 0.717) is 5.92 Å². The molecule has 1 saturated heterocycles. The molecule has 1 aromatic heterocycles. The summed E-state index contributed by atoms with van der Waals surface area (Å²) in [4.78, 5) is 14.1. The van der Waals surface area contributed by atoms with E-state index in [-0.39, 0.29) is 5.54 Å². The Kier molecular flexibility index (Phi) is 3.75. The number of nitrogen functional groups attached to an aromatic ring is 1. The lowest BCUT2D eigenvalue weighted by Crippen LogP contribution is -2.53. The third kappa shape index (κ3) is 3.27. The smallest absolute Gasteiger partial charge is 0.145 e. The van der Waals surface area contributed by atoms with Gasteiger partial charge in [-0.05, 0) is 33.6 Å². The second-order valence-electron chi connectivity index (χ2n) is 7.03. The predicted molar refractivity (Wildman–Crippen MR) is 85.4 cm³/mol. The molecule has 0 spiro atoms. The molecule has 2 heterocycles. The van der Waals surface area contributed by atoms with E-state index in [0.717, 1.165) is 43.6 Å². The molecule has 2 fully saturated rings. The summed E-state index contributed by atoms with van der Waals surface area (Å²) in [5, 5.41) is 0. The van der Waals surface area contributed by atoms with Crippen molar-refractivity contribution in [1.29, 1.82) is 0 Å². The van der Waals surface area contributed by atoms with Crippen LogP contribution in [0.25, 0.3) is 0 Å². The van der Waals surface area contributed by atoms with Crippen LogP contribution in [0, 0.1) is 0 Å². The van der Waals surface area contributed by atoms with Crippen LogP contribution in [0.5, 0.6) is 0 Å². The fourth-order valence-corrected chi connectivity index (χ4v) is 2.82. The van der Waals surface area contributed by atoms with E-state index in [1.807, 2.05) is 6.07 Å². The molecule has 3 N–H and O–H groups in total. The summed E-state index contributed by atoms with van der Waals surface area (Å²) < 4.78 is 0. The van der Waals surface area contributed by atoms with Gasteiger partial charge in [0.05, 0.1) is 0 Å². The van der Waals surface area contributed by atoms with Crippen molar-refractivity contribution in [2.45, 2.75) is 45.1 Å². The number of hydrogen-bond acceptors (Lipinski definition) is 6. The highest BCUT2D eigenvalue weighted by atomic mass is 15.3. The first kappa shape index (κ1) is 14.5. The van der Waals surface area contributed by atoms with E-state index in [4.69, 9.17) is 10.8 Å². The van der Waals surface area contributed by atoms with Crippen LogP contribution in [0.4, 0.5) is 11.6 Å². The van der Waals surface area contributed by atoms with Gasteiger partial charge in [-0.3, -0.25) is 4.90 Å². The lowest BCUT2D eigenvalue weighted by atomic mass is 10.1. The minimum atomic E-state index is 0.237. The number of nitrogens with one attached hydrogen (secondary N) is 1. The Morgan fingerprint density at radius 3 is 2.33 bits per heavy atom. The Balaban J connectivity index is 1.74. The topological polar surface area (TPSA) is 70.3 Å². The molecule has 0 radical (unpaired) electrons. The number of hydrazine groups is 1. The first-order valence-electron chi connectivity index (χ1n) is 7.83. The molecular weight excluding hydrogens is 264 g/mol. The van der Waals surface area contributed by atoms with Crippen molar-refractivity contribution in [3.8, 4) is 0 Å². The highest BCUT2D eigenvalue weighted by Gasteiger charge is 2.30. The molecule has 1 aromatic rings. The third-order valence-electron chi connectivity index (χ3n) is 4.37. The molecule has 1 saturated carbocycles. The van der Waals surface area contributed by atoms with Crippen LogP contribution in [0.15, 0.2) is 6.07 Å². The molecule has 0 amide bonds. The van der Waals surface area contributed by atoms with Crippen molar-refractivity contribution < 1.29 is 0 Å². The zero-order valence-electron chi connectivity index (χ0n) is 13.3. The fourth-order valence-electron chi connectivity index (χ4n) is 2.82. The molecule has 0 bridgehead atoms. The summed E-state index contributed by atoms with van der Waals surface area (Å²) in [5.41, 5.74) is 2.91. The van der Waals surface area contributed by atoms with Crippen molar-refractivity contribution in [3.05, 3.63) is 11.9 Å². The van der Waals surface area contributed by atoms with E-state index < -0.39 is 0 Å². The van der Waals surface area contributed by atoms with E-state index in [2.05, 4.69) is 41.0 Å². The summed E-state index contributed by atoms with van der Waals surface area (Å²) in [6.07, 6.45) is 2.40. The quantitative estimate of drug-likeness (QED) is 0.650. The number of hydrogen-bond donors (Lipinski definition) is 2. The maximum atomic E-state index is 5.55. The standard InChI is InChI=1S/C15H26N6/c1-15(2,3)21-8-6-20(7-9-21)13-10-12(19-16)17-14(18-13)11-4-5-11/h10-11H,4-9,16H2,1-3H3,(H,17,18,19). The molecule has 6 nitrogen and oxygen atoms in total. The summed E-state index contributed by atoms with van der Waals surface area (Å²) in [5.74, 6) is 8.76. The third-order valence-corrected chi connectivity index (χ3v) is 4.37. The Morgan fingerprint density at radius 1 is 1.14 bits per heavy atom.